The highest BCUT2D eigenvalue weighted by molar-refractivity contribution is 7.99. The number of para-hydroxylation sites is 1. The fourth-order valence-electron chi connectivity index (χ4n) is 3.50. The lowest BCUT2D eigenvalue weighted by atomic mass is 10.1. The van der Waals surface area contributed by atoms with Crippen LogP contribution in [0.15, 0.2) is 71.6 Å². The van der Waals surface area contributed by atoms with E-state index < -0.39 is 17.7 Å². The number of carbonyl (C=O) groups excluding carboxylic acids is 1. The van der Waals surface area contributed by atoms with Gasteiger partial charge in [0, 0.05) is 10.6 Å². The SMILES string of the molecule is CCOC(=O)COc1ccc(SCC[C@@H](C)Oc2ccc(C(F)(F)F)cc2Oc2ccccc2)cc1CC. The summed E-state index contributed by atoms with van der Waals surface area (Å²) in [5.74, 6) is 1.64. The molecule has 0 bridgehead atoms. The van der Waals surface area contributed by atoms with Crippen LogP contribution in [0.3, 0.4) is 0 Å². The Morgan fingerprint density at radius 1 is 0.947 bits per heavy atom. The van der Waals surface area contributed by atoms with Crippen molar-refractivity contribution < 1.29 is 36.9 Å². The van der Waals surface area contributed by atoms with Crippen LogP contribution in [0.5, 0.6) is 23.0 Å². The number of halogens is 3. The number of ether oxygens (including phenoxy) is 4. The molecule has 0 radical (unpaired) electrons. The first-order valence-electron chi connectivity index (χ1n) is 12.3. The van der Waals surface area contributed by atoms with E-state index in [0.29, 0.717) is 24.5 Å². The van der Waals surface area contributed by atoms with Gasteiger partial charge in [-0.05, 0) is 80.8 Å². The fourth-order valence-corrected chi connectivity index (χ4v) is 4.57. The summed E-state index contributed by atoms with van der Waals surface area (Å²) in [6.45, 7) is 5.79. The molecule has 9 heteroatoms. The largest absolute Gasteiger partial charge is 0.487 e. The van der Waals surface area contributed by atoms with E-state index in [1.165, 1.54) is 6.07 Å². The molecule has 3 rings (SSSR count). The van der Waals surface area contributed by atoms with Gasteiger partial charge in [-0.1, -0.05) is 25.1 Å². The number of benzene rings is 3. The zero-order valence-electron chi connectivity index (χ0n) is 21.5. The van der Waals surface area contributed by atoms with Gasteiger partial charge in [0.1, 0.15) is 11.5 Å². The molecule has 3 aromatic carbocycles. The zero-order valence-corrected chi connectivity index (χ0v) is 22.4. The van der Waals surface area contributed by atoms with Crippen molar-refractivity contribution >= 4 is 17.7 Å². The average Bonchev–Trinajstić information content (AvgIpc) is 2.89. The van der Waals surface area contributed by atoms with Gasteiger partial charge in [-0.3, -0.25) is 0 Å². The first-order chi connectivity index (χ1) is 18.2. The van der Waals surface area contributed by atoms with Crippen LogP contribution in [0.2, 0.25) is 0 Å². The molecule has 0 saturated carbocycles. The van der Waals surface area contributed by atoms with Crippen molar-refractivity contribution in [3.8, 4) is 23.0 Å². The van der Waals surface area contributed by atoms with E-state index in [1.807, 2.05) is 32.0 Å². The summed E-state index contributed by atoms with van der Waals surface area (Å²) in [6.07, 6.45) is -3.37. The van der Waals surface area contributed by atoms with Crippen LogP contribution in [0.1, 0.15) is 38.3 Å². The second-order valence-electron chi connectivity index (χ2n) is 8.36. The van der Waals surface area contributed by atoms with Gasteiger partial charge in [0.15, 0.2) is 18.1 Å². The minimum Gasteiger partial charge on any atom is -0.487 e. The second kappa shape index (κ2) is 14.0. The van der Waals surface area contributed by atoms with Crippen LogP contribution in [0, 0.1) is 0 Å². The van der Waals surface area contributed by atoms with Gasteiger partial charge in [0.2, 0.25) is 0 Å². The van der Waals surface area contributed by atoms with Gasteiger partial charge in [-0.25, -0.2) is 4.79 Å². The zero-order chi connectivity index (χ0) is 27.5. The topological polar surface area (TPSA) is 54.0 Å². The molecule has 5 nitrogen and oxygen atoms in total. The number of aryl methyl sites for hydroxylation is 1. The quantitative estimate of drug-likeness (QED) is 0.160. The Bertz CT molecular complexity index is 1180. The lowest BCUT2D eigenvalue weighted by molar-refractivity contribution is -0.145. The summed E-state index contributed by atoms with van der Waals surface area (Å²) in [7, 11) is 0. The fraction of sp³-hybridized carbons (Fsp3) is 0.345. The highest BCUT2D eigenvalue weighted by Gasteiger charge is 2.31. The number of carbonyl (C=O) groups is 1. The summed E-state index contributed by atoms with van der Waals surface area (Å²) < 4.78 is 62.1. The van der Waals surface area contributed by atoms with Crippen molar-refractivity contribution in [2.75, 3.05) is 19.0 Å². The molecule has 0 aliphatic heterocycles. The first kappa shape index (κ1) is 29.2. The van der Waals surface area contributed by atoms with Gasteiger partial charge in [0.05, 0.1) is 18.3 Å². The molecule has 1 atom stereocenters. The van der Waals surface area contributed by atoms with Crippen molar-refractivity contribution in [2.45, 2.75) is 50.8 Å². The van der Waals surface area contributed by atoms with Gasteiger partial charge >= 0.3 is 12.1 Å². The van der Waals surface area contributed by atoms with Crippen LogP contribution in [0.4, 0.5) is 13.2 Å². The molecular weight excluding hydrogens is 517 g/mol. The predicted octanol–water partition coefficient (Wildman–Crippen LogP) is 7.95. The Hall–Kier alpha value is -3.33. The van der Waals surface area contributed by atoms with E-state index in [-0.39, 0.29) is 24.2 Å². The highest BCUT2D eigenvalue weighted by atomic mass is 32.2. The molecule has 0 saturated heterocycles. The van der Waals surface area contributed by atoms with Crippen LogP contribution in [0.25, 0.3) is 0 Å². The van der Waals surface area contributed by atoms with Gasteiger partial charge in [0.25, 0.3) is 0 Å². The minimum atomic E-state index is -4.49. The molecule has 3 aromatic rings. The average molecular weight is 549 g/mol. The molecular formula is C29H31F3O5S. The molecule has 0 heterocycles. The standard InChI is InChI=1S/C29H31F3O5S/c1-4-21-17-24(12-14-25(21)35-19-28(33)34-5-2)38-16-15-20(3)36-26-13-11-22(29(30,31)32)18-27(26)37-23-9-7-6-8-10-23/h6-14,17-18,20H,4-5,15-16,19H2,1-3H3/t20-/m1/s1. The van der Waals surface area contributed by atoms with E-state index in [4.69, 9.17) is 18.9 Å². The minimum absolute atomic E-state index is 0.0107. The lowest BCUT2D eigenvalue weighted by Crippen LogP contribution is -2.15. The number of hydrogen-bond donors (Lipinski definition) is 0. The van der Waals surface area contributed by atoms with E-state index in [0.717, 1.165) is 34.8 Å². The molecule has 0 aromatic heterocycles. The Morgan fingerprint density at radius 3 is 2.37 bits per heavy atom. The summed E-state index contributed by atoms with van der Waals surface area (Å²) in [6, 6.07) is 17.7. The molecule has 0 aliphatic rings. The maximum atomic E-state index is 13.3. The summed E-state index contributed by atoms with van der Waals surface area (Å²) in [4.78, 5) is 12.6. The van der Waals surface area contributed by atoms with Gasteiger partial charge < -0.3 is 18.9 Å². The van der Waals surface area contributed by atoms with Crippen LogP contribution >= 0.6 is 11.8 Å². The third-order valence-corrected chi connectivity index (χ3v) is 6.45. The van der Waals surface area contributed by atoms with Crippen molar-refractivity contribution in [2.24, 2.45) is 0 Å². The summed E-state index contributed by atoms with van der Waals surface area (Å²) in [5, 5.41) is 0. The van der Waals surface area contributed by atoms with Crippen molar-refractivity contribution in [1.82, 2.24) is 0 Å². The number of alkyl halides is 3. The lowest BCUT2D eigenvalue weighted by Gasteiger charge is -2.19. The van der Waals surface area contributed by atoms with Crippen molar-refractivity contribution in [3.63, 3.8) is 0 Å². The number of rotatable bonds is 13. The van der Waals surface area contributed by atoms with E-state index in [9.17, 15) is 18.0 Å². The Balaban J connectivity index is 1.60. The third kappa shape index (κ3) is 8.90. The van der Waals surface area contributed by atoms with Crippen LogP contribution in [-0.2, 0) is 22.1 Å². The molecule has 0 fully saturated rings. The van der Waals surface area contributed by atoms with E-state index in [2.05, 4.69) is 0 Å². The number of esters is 1. The second-order valence-corrected chi connectivity index (χ2v) is 9.53. The maximum Gasteiger partial charge on any atom is 0.416 e. The van der Waals surface area contributed by atoms with E-state index in [1.54, 1.807) is 49.0 Å². The molecule has 0 N–H and O–H groups in total. The monoisotopic (exact) mass is 548 g/mol. The molecule has 0 aliphatic carbocycles. The van der Waals surface area contributed by atoms with Crippen molar-refractivity contribution in [3.05, 3.63) is 77.9 Å². The summed E-state index contributed by atoms with van der Waals surface area (Å²) in [5.41, 5.74) is 0.177. The molecule has 38 heavy (non-hydrogen) atoms. The molecule has 0 spiro atoms. The Kier molecular flexibility index (Phi) is 10.8. The Labute approximate surface area is 225 Å². The molecule has 0 unspecified atom stereocenters. The number of hydrogen-bond acceptors (Lipinski definition) is 6. The number of thioether (sulfide) groups is 1. The third-order valence-electron chi connectivity index (χ3n) is 5.43. The molecule has 0 amide bonds. The van der Waals surface area contributed by atoms with Crippen LogP contribution < -0.4 is 14.2 Å². The van der Waals surface area contributed by atoms with E-state index >= 15 is 0 Å². The maximum absolute atomic E-state index is 13.3. The molecule has 204 valence electrons. The van der Waals surface area contributed by atoms with Gasteiger partial charge in [-0.2, -0.15) is 13.2 Å². The smallest absolute Gasteiger partial charge is 0.416 e. The Morgan fingerprint density at radius 2 is 1.68 bits per heavy atom. The normalized spacial score (nSPS) is 12.1. The van der Waals surface area contributed by atoms with Crippen molar-refractivity contribution in [1.29, 1.82) is 0 Å². The highest BCUT2D eigenvalue weighted by Crippen LogP contribution is 2.39. The van der Waals surface area contributed by atoms with Gasteiger partial charge in [-0.15, -0.1) is 11.8 Å². The predicted molar refractivity (Wildman–Crippen MR) is 141 cm³/mol. The first-order valence-corrected chi connectivity index (χ1v) is 13.3. The van der Waals surface area contributed by atoms with Crippen LogP contribution in [-0.4, -0.2) is 31.0 Å². The summed E-state index contributed by atoms with van der Waals surface area (Å²) >= 11 is 1.64.